The molecule has 0 bridgehead atoms. The Morgan fingerprint density at radius 2 is 2.03 bits per heavy atom. The number of ether oxygens (including phenoxy) is 1. The van der Waals surface area contributed by atoms with Crippen LogP contribution in [0.3, 0.4) is 0 Å². The Bertz CT molecular complexity index is 1070. The van der Waals surface area contributed by atoms with Crippen LogP contribution < -0.4 is 10.1 Å². The molecule has 4 rings (SSSR count). The average Bonchev–Trinajstić information content (AvgIpc) is 3.35. The molecular weight excluding hydrogens is 404 g/mol. The van der Waals surface area contributed by atoms with E-state index in [1.807, 2.05) is 19.9 Å². The van der Waals surface area contributed by atoms with Crippen molar-refractivity contribution in [1.29, 1.82) is 0 Å². The number of carbonyl (C=O) groups excluding carboxylic acids is 2. The maximum absolute atomic E-state index is 12.3. The molecule has 0 atom stereocenters. The highest BCUT2D eigenvalue weighted by Gasteiger charge is 2.32. The molecule has 1 aliphatic rings. The number of anilines is 1. The molecule has 0 spiro atoms. The van der Waals surface area contributed by atoms with Gasteiger partial charge in [-0.25, -0.2) is 24.5 Å². The summed E-state index contributed by atoms with van der Waals surface area (Å²) in [6, 6.07) is 6.13. The molecule has 1 fully saturated rings. The highest BCUT2D eigenvalue weighted by molar-refractivity contribution is 7.15. The molecule has 1 saturated heterocycles. The molecule has 0 aliphatic carbocycles. The van der Waals surface area contributed by atoms with Crippen LogP contribution in [-0.4, -0.2) is 56.4 Å². The van der Waals surface area contributed by atoms with Crippen molar-refractivity contribution >= 4 is 29.2 Å². The predicted molar refractivity (Wildman–Crippen MR) is 113 cm³/mol. The SMILES string of the molecule is CCN1CCN(C(=O)Nc2ccc(Oc3ccnc(-c4cnc(C)s4)c3)cn2)C1=O. The molecule has 0 saturated carbocycles. The van der Waals surface area contributed by atoms with E-state index in [0.29, 0.717) is 37.0 Å². The largest absolute Gasteiger partial charge is 0.456 e. The summed E-state index contributed by atoms with van der Waals surface area (Å²) in [7, 11) is 0. The van der Waals surface area contributed by atoms with Crippen molar-refractivity contribution in [3.05, 3.63) is 47.9 Å². The fourth-order valence-electron chi connectivity index (χ4n) is 2.98. The topological polar surface area (TPSA) is 101 Å². The van der Waals surface area contributed by atoms with Crippen molar-refractivity contribution in [2.75, 3.05) is 25.0 Å². The van der Waals surface area contributed by atoms with Crippen LogP contribution in [-0.2, 0) is 0 Å². The van der Waals surface area contributed by atoms with Gasteiger partial charge in [-0.1, -0.05) is 0 Å². The van der Waals surface area contributed by atoms with Gasteiger partial charge in [0.2, 0.25) is 0 Å². The van der Waals surface area contributed by atoms with E-state index in [9.17, 15) is 9.59 Å². The first-order valence-electron chi connectivity index (χ1n) is 9.43. The Kier molecular flexibility index (Phi) is 5.57. The highest BCUT2D eigenvalue weighted by atomic mass is 32.1. The van der Waals surface area contributed by atoms with Crippen molar-refractivity contribution in [1.82, 2.24) is 24.8 Å². The molecule has 0 radical (unpaired) electrons. The smallest absolute Gasteiger partial charge is 0.331 e. The van der Waals surface area contributed by atoms with Gasteiger partial charge in [-0.15, -0.1) is 11.3 Å². The van der Waals surface area contributed by atoms with Crippen LogP contribution in [0.5, 0.6) is 11.5 Å². The zero-order chi connectivity index (χ0) is 21.1. The molecule has 154 valence electrons. The Hall–Kier alpha value is -3.53. The molecule has 0 aromatic carbocycles. The monoisotopic (exact) mass is 424 g/mol. The maximum Gasteiger partial charge on any atom is 0.331 e. The van der Waals surface area contributed by atoms with Gasteiger partial charge in [-0.05, 0) is 32.0 Å². The number of likely N-dealkylation sites (N-methyl/N-ethyl adjacent to an activating group) is 1. The van der Waals surface area contributed by atoms with Gasteiger partial charge in [0.05, 0.1) is 21.8 Å². The number of imide groups is 1. The molecule has 30 heavy (non-hydrogen) atoms. The first-order chi connectivity index (χ1) is 14.5. The number of amides is 4. The zero-order valence-electron chi connectivity index (χ0n) is 16.5. The minimum Gasteiger partial charge on any atom is -0.456 e. The number of nitrogens with one attached hydrogen (secondary N) is 1. The van der Waals surface area contributed by atoms with E-state index >= 15 is 0 Å². The quantitative estimate of drug-likeness (QED) is 0.665. The van der Waals surface area contributed by atoms with E-state index in [1.165, 1.54) is 11.1 Å². The second-order valence-corrected chi connectivity index (χ2v) is 7.78. The molecule has 4 amide bonds. The van der Waals surface area contributed by atoms with Crippen LogP contribution in [0.4, 0.5) is 15.4 Å². The molecule has 0 unspecified atom stereocenters. The zero-order valence-corrected chi connectivity index (χ0v) is 17.3. The molecule has 9 nitrogen and oxygen atoms in total. The summed E-state index contributed by atoms with van der Waals surface area (Å²) in [6.07, 6.45) is 4.97. The fourth-order valence-corrected chi connectivity index (χ4v) is 3.73. The van der Waals surface area contributed by atoms with Gasteiger partial charge in [-0.3, -0.25) is 10.3 Å². The lowest BCUT2D eigenvalue weighted by Crippen LogP contribution is -2.39. The van der Waals surface area contributed by atoms with Crippen LogP contribution in [0.1, 0.15) is 11.9 Å². The lowest BCUT2D eigenvalue weighted by Gasteiger charge is -2.16. The van der Waals surface area contributed by atoms with E-state index in [-0.39, 0.29) is 6.03 Å². The van der Waals surface area contributed by atoms with Crippen LogP contribution in [0.2, 0.25) is 0 Å². The highest BCUT2D eigenvalue weighted by Crippen LogP contribution is 2.28. The van der Waals surface area contributed by atoms with Crippen molar-refractivity contribution in [2.24, 2.45) is 0 Å². The standard InChI is InChI=1S/C20H20N6O3S/c1-3-25-8-9-26(20(25)28)19(27)24-18-5-4-15(11-23-18)29-14-6-7-21-16(10-14)17-12-22-13(2)30-17/h4-7,10-12H,3,8-9H2,1-2H3,(H,23,24,27). The molecule has 4 heterocycles. The van der Waals surface area contributed by atoms with Crippen molar-refractivity contribution in [2.45, 2.75) is 13.8 Å². The summed E-state index contributed by atoms with van der Waals surface area (Å²) >= 11 is 1.56. The molecular formula is C20H20N6O3S. The van der Waals surface area contributed by atoms with Gasteiger partial charge >= 0.3 is 12.1 Å². The summed E-state index contributed by atoms with van der Waals surface area (Å²) in [5.74, 6) is 1.47. The number of urea groups is 2. The summed E-state index contributed by atoms with van der Waals surface area (Å²) in [5, 5.41) is 3.61. The van der Waals surface area contributed by atoms with Gasteiger partial charge in [0.1, 0.15) is 17.3 Å². The number of hydrogen-bond acceptors (Lipinski definition) is 7. The Balaban J connectivity index is 1.40. The van der Waals surface area contributed by atoms with Crippen LogP contribution in [0, 0.1) is 6.92 Å². The number of rotatable bonds is 5. The second kappa shape index (κ2) is 8.46. The van der Waals surface area contributed by atoms with E-state index in [4.69, 9.17) is 4.74 Å². The van der Waals surface area contributed by atoms with Gasteiger partial charge in [0.25, 0.3) is 0 Å². The van der Waals surface area contributed by atoms with Crippen LogP contribution in [0.15, 0.2) is 42.9 Å². The number of aromatic nitrogens is 3. The van der Waals surface area contributed by atoms with E-state index in [1.54, 1.807) is 46.8 Å². The second-order valence-electron chi connectivity index (χ2n) is 6.55. The maximum atomic E-state index is 12.3. The number of pyridine rings is 2. The van der Waals surface area contributed by atoms with Crippen LogP contribution >= 0.6 is 11.3 Å². The normalized spacial score (nSPS) is 13.6. The number of aryl methyl sites for hydroxylation is 1. The average molecular weight is 424 g/mol. The third kappa shape index (κ3) is 4.23. The van der Waals surface area contributed by atoms with Crippen LogP contribution in [0.25, 0.3) is 10.6 Å². The fraction of sp³-hybridized carbons (Fsp3) is 0.250. The number of thiazole rings is 1. The van der Waals surface area contributed by atoms with E-state index < -0.39 is 6.03 Å². The minimum atomic E-state index is -0.490. The number of nitrogens with zero attached hydrogens (tertiary/aromatic N) is 5. The van der Waals surface area contributed by atoms with Crippen molar-refractivity contribution in [3.63, 3.8) is 0 Å². The predicted octanol–water partition coefficient (Wildman–Crippen LogP) is 3.99. The first-order valence-corrected chi connectivity index (χ1v) is 10.3. The van der Waals surface area contributed by atoms with Gasteiger partial charge in [0, 0.05) is 38.1 Å². The van der Waals surface area contributed by atoms with E-state index in [2.05, 4.69) is 20.3 Å². The van der Waals surface area contributed by atoms with Crippen molar-refractivity contribution < 1.29 is 14.3 Å². The molecule has 3 aromatic heterocycles. The third-order valence-electron chi connectivity index (χ3n) is 4.53. The number of carbonyl (C=O) groups is 2. The minimum absolute atomic E-state index is 0.292. The molecule has 1 aliphatic heterocycles. The van der Waals surface area contributed by atoms with Crippen molar-refractivity contribution in [3.8, 4) is 22.1 Å². The summed E-state index contributed by atoms with van der Waals surface area (Å²) in [5.41, 5.74) is 0.784. The number of hydrogen-bond donors (Lipinski definition) is 1. The van der Waals surface area contributed by atoms with Gasteiger partial charge in [0.15, 0.2) is 0 Å². The van der Waals surface area contributed by atoms with E-state index in [0.717, 1.165) is 15.6 Å². The lowest BCUT2D eigenvalue weighted by atomic mass is 10.3. The third-order valence-corrected chi connectivity index (χ3v) is 5.47. The summed E-state index contributed by atoms with van der Waals surface area (Å²) in [4.78, 5) is 41.0. The Morgan fingerprint density at radius 3 is 2.70 bits per heavy atom. The Labute approximate surface area is 177 Å². The summed E-state index contributed by atoms with van der Waals surface area (Å²) < 4.78 is 5.85. The van der Waals surface area contributed by atoms with Gasteiger partial charge < -0.3 is 9.64 Å². The first kappa shape index (κ1) is 19.8. The molecule has 3 aromatic rings. The lowest BCUT2D eigenvalue weighted by molar-refractivity contribution is 0.192. The van der Waals surface area contributed by atoms with Gasteiger partial charge in [-0.2, -0.15) is 0 Å². The molecule has 10 heteroatoms. The Morgan fingerprint density at radius 1 is 1.17 bits per heavy atom. The summed E-state index contributed by atoms with van der Waals surface area (Å²) in [6.45, 7) is 5.30. The molecule has 1 N–H and O–H groups in total.